The topological polar surface area (TPSA) is 61.1 Å². The van der Waals surface area contributed by atoms with Gasteiger partial charge in [-0.3, -0.25) is 9.20 Å². The third-order valence-electron chi connectivity index (χ3n) is 2.72. The monoisotopic (exact) mass is 243 g/mol. The van der Waals surface area contributed by atoms with Crippen molar-refractivity contribution in [3.63, 3.8) is 0 Å². The molecular weight excluding hydrogens is 238 g/mol. The second-order valence-electron chi connectivity index (χ2n) is 3.66. The summed E-state index contributed by atoms with van der Waals surface area (Å²) in [6, 6.07) is 6.93. The van der Waals surface area contributed by atoms with Crippen molar-refractivity contribution in [2.45, 2.75) is 0 Å². The summed E-state index contributed by atoms with van der Waals surface area (Å²) < 4.78 is 1.75. The average molecular weight is 244 g/mol. The minimum absolute atomic E-state index is 0.116. The number of nitrogens with one attached hydrogen (secondary N) is 1. The molecule has 0 spiro atoms. The molecule has 2 aromatic heterocycles. The number of rotatable bonds is 0. The minimum atomic E-state index is -0.276. The second-order valence-corrected chi connectivity index (χ2v) is 4.09. The van der Waals surface area contributed by atoms with Crippen molar-refractivity contribution in [1.82, 2.24) is 9.38 Å². The molecule has 0 aliphatic heterocycles. The lowest BCUT2D eigenvalue weighted by atomic mass is 10.1. The molecule has 0 aliphatic rings. The Kier molecular flexibility index (Phi) is 1.97. The van der Waals surface area contributed by atoms with Crippen molar-refractivity contribution in [1.29, 1.82) is 5.26 Å². The molecule has 0 fully saturated rings. The van der Waals surface area contributed by atoms with Crippen LogP contribution >= 0.6 is 11.6 Å². The molecule has 3 aromatic rings. The first-order chi connectivity index (χ1) is 8.22. The van der Waals surface area contributed by atoms with Gasteiger partial charge in [-0.25, -0.2) is 0 Å². The number of hydrogen-bond acceptors (Lipinski definition) is 2. The number of fused-ring (bicyclic) bond motifs is 3. The predicted molar refractivity (Wildman–Crippen MR) is 65.2 cm³/mol. The quantitative estimate of drug-likeness (QED) is 0.659. The molecule has 0 unspecified atom stereocenters. The molecule has 3 rings (SSSR count). The average Bonchev–Trinajstić information content (AvgIpc) is 2.78. The second kappa shape index (κ2) is 3.37. The molecular formula is C12H6ClN3O. The first-order valence-electron chi connectivity index (χ1n) is 4.93. The Morgan fingerprint density at radius 3 is 3.00 bits per heavy atom. The number of nitriles is 1. The first-order valence-corrected chi connectivity index (χ1v) is 5.31. The fourth-order valence-corrected chi connectivity index (χ4v) is 2.14. The van der Waals surface area contributed by atoms with Gasteiger partial charge in [-0.05, 0) is 18.2 Å². The molecule has 0 atom stereocenters. The van der Waals surface area contributed by atoms with Gasteiger partial charge >= 0.3 is 0 Å². The molecule has 1 N–H and O–H groups in total. The number of benzene rings is 1. The number of aromatic amines is 1. The first kappa shape index (κ1) is 9.94. The van der Waals surface area contributed by atoms with Crippen LogP contribution in [0.2, 0.25) is 5.02 Å². The highest BCUT2D eigenvalue weighted by Crippen LogP contribution is 2.19. The van der Waals surface area contributed by atoms with Crippen LogP contribution in [0.4, 0.5) is 0 Å². The zero-order chi connectivity index (χ0) is 12.0. The van der Waals surface area contributed by atoms with Gasteiger partial charge in [0.25, 0.3) is 0 Å². The van der Waals surface area contributed by atoms with Crippen LogP contribution in [0.5, 0.6) is 0 Å². The summed E-state index contributed by atoms with van der Waals surface area (Å²) >= 11 is 5.92. The van der Waals surface area contributed by atoms with Gasteiger partial charge in [-0.15, -0.1) is 0 Å². The Labute approximate surface area is 101 Å². The van der Waals surface area contributed by atoms with Crippen LogP contribution in [-0.2, 0) is 0 Å². The summed E-state index contributed by atoms with van der Waals surface area (Å²) in [5, 5.41) is 10.1. The fraction of sp³-hybridized carbons (Fsp3) is 0. The van der Waals surface area contributed by atoms with Gasteiger partial charge in [0.15, 0.2) is 0 Å². The molecule has 82 valence electrons. The number of imidazole rings is 1. The van der Waals surface area contributed by atoms with Crippen molar-refractivity contribution in [3.8, 4) is 6.07 Å². The van der Waals surface area contributed by atoms with Crippen molar-refractivity contribution >= 4 is 28.2 Å². The number of nitrogens with zero attached hydrogens (tertiary/aromatic N) is 2. The fourth-order valence-electron chi connectivity index (χ4n) is 1.97. The van der Waals surface area contributed by atoms with E-state index in [9.17, 15) is 4.79 Å². The number of halogens is 1. The maximum Gasteiger partial charge on any atom is 0.209 e. The lowest BCUT2D eigenvalue weighted by Gasteiger charge is -2.03. The smallest absolute Gasteiger partial charge is 0.209 e. The highest BCUT2D eigenvalue weighted by molar-refractivity contribution is 6.31. The molecule has 0 radical (unpaired) electrons. The van der Waals surface area contributed by atoms with Crippen LogP contribution in [0, 0.1) is 11.3 Å². The molecule has 0 aliphatic carbocycles. The van der Waals surface area contributed by atoms with E-state index >= 15 is 0 Å². The molecule has 0 amide bonds. The largest absolute Gasteiger partial charge is 0.345 e. The van der Waals surface area contributed by atoms with Gasteiger partial charge in [0, 0.05) is 22.8 Å². The SMILES string of the molecule is N#Cc1c(=O)c2ccc(Cl)cc2n2cc[nH]c12. The Balaban J connectivity index is 2.72. The molecule has 0 saturated carbocycles. The van der Waals surface area contributed by atoms with E-state index in [4.69, 9.17) is 16.9 Å². The number of aromatic nitrogens is 2. The normalized spacial score (nSPS) is 10.8. The van der Waals surface area contributed by atoms with Gasteiger partial charge in [0.2, 0.25) is 5.43 Å². The zero-order valence-corrected chi connectivity index (χ0v) is 9.32. The third kappa shape index (κ3) is 1.26. The molecule has 2 heterocycles. The van der Waals surface area contributed by atoms with Gasteiger partial charge in [0.05, 0.1) is 5.52 Å². The number of H-pyrrole nitrogens is 1. The standard InChI is InChI=1S/C12H6ClN3O/c13-7-1-2-8-10(5-7)16-4-3-15-12(16)9(6-14)11(8)17/h1-5,15H. The van der Waals surface area contributed by atoms with Gasteiger partial charge in [-0.1, -0.05) is 11.6 Å². The van der Waals surface area contributed by atoms with E-state index in [1.54, 1.807) is 35.0 Å². The van der Waals surface area contributed by atoms with E-state index in [0.29, 0.717) is 21.6 Å². The van der Waals surface area contributed by atoms with Crippen LogP contribution in [0.15, 0.2) is 35.4 Å². The number of hydrogen-bond donors (Lipinski definition) is 1. The zero-order valence-electron chi connectivity index (χ0n) is 8.57. The van der Waals surface area contributed by atoms with Gasteiger partial charge in [0.1, 0.15) is 17.3 Å². The lowest BCUT2D eigenvalue weighted by Crippen LogP contribution is -2.10. The Morgan fingerprint density at radius 2 is 2.24 bits per heavy atom. The van der Waals surface area contributed by atoms with E-state index < -0.39 is 0 Å². The molecule has 4 nitrogen and oxygen atoms in total. The summed E-state index contributed by atoms with van der Waals surface area (Å²) in [5.41, 5.74) is 1.02. The highest BCUT2D eigenvalue weighted by Gasteiger charge is 2.12. The third-order valence-corrected chi connectivity index (χ3v) is 2.96. The summed E-state index contributed by atoms with van der Waals surface area (Å²) in [6.07, 6.45) is 3.43. The van der Waals surface area contributed by atoms with E-state index in [2.05, 4.69) is 4.98 Å². The molecule has 0 saturated heterocycles. The van der Waals surface area contributed by atoms with E-state index in [1.165, 1.54) is 0 Å². The minimum Gasteiger partial charge on any atom is -0.345 e. The maximum atomic E-state index is 12.1. The van der Waals surface area contributed by atoms with E-state index in [0.717, 1.165) is 0 Å². The van der Waals surface area contributed by atoms with Crippen LogP contribution < -0.4 is 5.43 Å². The summed E-state index contributed by atoms with van der Waals surface area (Å²) in [4.78, 5) is 15.0. The summed E-state index contributed by atoms with van der Waals surface area (Å²) in [5.74, 6) is 0. The van der Waals surface area contributed by atoms with Crippen molar-refractivity contribution in [2.24, 2.45) is 0 Å². The van der Waals surface area contributed by atoms with E-state index in [-0.39, 0.29) is 11.0 Å². The van der Waals surface area contributed by atoms with Crippen LogP contribution in [0.1, 0.15) is 5.56 Å². The number of pyridine rings is 1. The van der Waals surface area contributed by atoms with Crippen molar-refractivity contribution < 1.29 is 0 Å². The molecule has 0 bridgehead atoms. The Morgan fingerprint density at radius 1 is 1.41 bits per heavy atom. The molecule has 5 heteroatoms. The highest BCUT2D eigenvalue weighted by atomic mass is 35.5. The summed E-state index contributed by atoms with van der Waals surface area (Å²) in [6.45, 7) is 0. The molecule has 17 heavy (non-hydrogen) atoms. The van der Waals surface area contributed by atoms with Crippen molar-refractivity contribution in [2.75, 3.05) is 0 Å². The molecule has 1 aromatic carbocycles. The van der Waals surface area contributed by atoms with Crippen LogP contribution in [-0.4, -0.2) is 9.38 Å². The van der Waals surface area contributed by atoms with Gasteiger partial charge in [-0.2, -0.15) is 5.26 Å². The maximum absolute atomic E-state index is 12.1. The Bertz CT molecular complexity index is 838. The van der Waals surface area contributed by atoms with Crippen molar-refractivity contribution in [3.05, 3.63) is 51.4 Å². The van der Waals surface area contributed by atoms with Crippen LogP contribution in [0.3, 0.4) is 0 Å². The van der Waals surface area contributed by atoms with E-state index in [1.807, 2.05) is 6.07 Å². The van der Waals surface area contributed by atoms with Gasteiger partial charge < -0.3 is 4.98 Å². The predicted octanol–water partition coefficient (Wildman–Crippen LogP) is 2.31. The lowest BCUT2D eigenvalue weighted by molar-refractivity contribution is 1.23. The van der Waals surface area contributed by atoms with Crippen LogP contribution in [0.25, 0.3) is 16.6 Å². The summed E-state index contributed by atoms with van der Waals surface area (Å²) in [7, 11) is 0. The Hall–Kier alpha value is -2.25.